The molecule has 10 heteroatoms. The standard InChI is InChI=1S/C20H22N4O4S2/c1-13-8-10-16(11-9-13)28-12-15(3)24-30(26,27)20-23-22-19(29-20)21-18(25)17-7-5-4-6-14(17)2/h4-11,15,24H,12H2,1-3H3,(H,21,22,25)/t15-/m0/s1. The van der Waals surface area contributed by atoms with E-state index in [1.807, 2.05) is 50.2 Å². The normalized spacial score (nSPS) is 12.4. The highest BCUT2D eigenvalue weighted by molar-refractivity contribution is 7.91. The molecule has 0 aliphatic carbocycles. The van der Waals surface area contributed by atoms with E-state index in [1.165, 1.54) is 0 Å². The lowest BCUT2D eigenvalue weighted by atomic mass is 10.1. The summed E-state index contributed by atoms with van der Waals surface area (Å²) in [6, 6.07) is 14.1. The van der Waals surface area contributed by atoms with Gasteiger partial charge in [0.05, 0.1) is 6.04 Å². The first-order valence-corrected chi connectivity index (χ1v) is 11.5. The molecule has 3 aromatic rings. The summed E-state index contributed by atoms with van der Waals surface area (Å²) in [5.41, 5.74) is 2.39. The lowest BCUT2D eigenvalue weighted by Gasteiger charge is -2.14. The van der Waals surface area contributed by atoms with E-state index in [0.29, 0.717) is 11.3 Å². The lowest BCUT2D eigenvalue weighted by molar-refractivity contribution is 0.102. The van der Waals surface area contributed by atoms with Gasteiger partial charge in [0.1, 0.15) is 12.4 Å². The molecule has 2 N–H and O–H groups in total. The van der Waals surface area contributed by atoms with Crippen molar-refractivity contribution in [1.29, 1.82) is 0 Å². The van der Waals surface area contributed by atoms with Crippen LogP contribution in [0.1, 0.15) is 28.4 Å². The Balaban J connectivity index is 1.59. The third-order valence-electron chi connectivity index (χ3n) is 4.12. The van der Waals surface area contributed by atoms with Gasteiger partial charge in [0.25, 0.3) is 15.9 Å². The van der Waals surface area contributed by atoms with E-state index in [1.54, 1.807) is 19.1 Å². The Morgan fingerprint density at radius 2 is 1.80 bits per heavy atom. The second-order valence-electron chi connectivity index (χ2n) is 6.79. The molecule has 1 aromatic heterocycles. The number of sulfonamides is 1. The maximum atomic E-state index is 12.6. The van der Waals surface area contributed by atoms with Crippen LogP contribution in [-0.2, 0) is 10.0 Å². The summed E-state index contributed by atoms with van der Waals surface area (Å²) in [6.07, 6.45) is 0. The molecule has 0 fully saturated rings. The van der Waals surface area contributed by atoms with Crippen molar-refractivity contribution in [3.63, 3.8) is 0 Å². The number of hydrogen-bond donors (Lipinski definition) is 2. The molecule has 0 bridgehead atoms. The van der Waals surface area contributed by atoms with Crippen molar-refractivity contribution in [1.82, 2.24) is 14.9 Å². The number of ether oxygens (including phenoxy) is 1. The van der Waals surface area contributed by atoms with Gasteiger partial charge in [0.2, 0.25) is 9.47 Å². The van der Waals surface area contributed by atoms with Gasteiger partial charge in [-0.15, -0.1) is 10.2 Å². The SMILES string of the molecule is Cc1ccc(OC[C@H](C)NS(=O)(=O)c2nnc(NC(=O)c3ccccc3C)s2)cc1. The number of nitrogens with one attached hydrogen (secondary N) is 2. The summed E-state index contributed by atoms with van der Waals surface area (Å²) >= 11 is 0.781. The number of carbonyl (C=O) groups excluding carboxylic acids is 1. The summed E-state index contributed by atoms with van der Waals surface area (Å²) in [5, 5.41) is 10.2. The summed E-state index contributed by atoms with van der Waals surface area (Å²) in [7, 11) is -3.89. The molecule has 0 unspecified atom stereocenters. The number of benzene rings is 2. The Kier molecular flexibility index (Phi) is 6.80. The fraction of sp³-hybridized carbons (Fsp3) is 0.250. The molecular formula is C20H22N4O4S2. The Labute approximate surface area is 179 Å². The predicted octanol–water partition coefficient (Wildman–Crippen LogP) is 3.15. The number of amides is 1. The molecule has 0 aliphatic rings. The zero-order valence-electron chi connectivity index (χ0n) is 16.7. The second-order valence-corrected chi connectivity index (χ2v) is 9.65. The van der Waals surface area contributed by atoms with Crippen molar-refractivity contribution in [3.05, 3.63) is 65.2 Å². The number of nitrogens with zero attached hydrogens (tertiary/aromatic N) is 2. The number of aryl methyl sites for hydroxylation is 2. The topological polar surface area (TPSA) is 110 Å². The van der Waals surface area contributed by atoms with Gasteiger partial charge < -0.3 is 4.74 Å². The number of aromatic nitrogens is 2. The summed E-state index contributed by atoms with van der Waals surface area (Å²) in [4.78, 5) is 12.4. The average molecular weight is 447 g/mol. The van der Waals surface area contributed by atoms with Crippen molar-refractivity contribution in [2.75, 3.05) is 11.9 Å². The number of hydrogen-bond acceptors (Lipinski definition) is 7. The van der Waals surface area contributed by atoms with Gasteiger partial charge in [-0.1, -0.05) is 47.2 Å². The number of carbonyl (C=O) groups is 1. The van der Waals surface area contributed by atoms with Gasteiger partial charge in [0.15, 0.2) is 0 Å². The molecule has 0 saturated carbocycles. The van der Waals surface area contributed by atoms with Gasteiger partial charge >= 0.3 is 0 Å². The predicted molar refractivity (Wildman–Crippen MR) is 115 cm³/mol. The second kappa shape index (κ2) is 9.33. The smallest absolute Gasteiger partial charge is 0.270 e. The molecule has 0 aliphatic heterocycles. The monoisotopic (exact) mass is 446 g/mol. The largest absolute Gasteiger partial charge is 0.492 e. The van der Waals surface area contributed by atoms with E-state index in [4.69, 9.17) is 4.74 Å². The average Bonchev–Trinajstić information content (AvgIpc) is 3.17. The number of anilines is 1. The van der Waals surface area contributed by atoms with Crippen LogP contribution in [0, 0.1) is 13.8 Å². The Morgan fingerprint density at radius 1 is 1.10 bits per heavy atom. The first-order valence-electron chi connectivity index (χ1n) is 9.17. The van der Waals surface area contributed by atoms with Crippen molar-refractivity contribution in [3.8, 4) is 5.75 Å². The third kappa shape index (κ3) is 5.62. The number of rotatable bonds is 8. The Morgan fingerprint density at radius 3 is 2.50 bits per heavy atom. The van der Waals surface area contributed by atoms with Gasteiger partial charge in [-0.05, 0) is 44.5 Å². The van der Waals surface area contributed by atoms with Crippen LogP contribution in [0.25, 0.3) is 0 Å². The summed E-state index contributed by atoms with van der Waals surface area (Å²) in [6.45, 7) is 5.63. The fourth-order valence-corrected chi connectivity index (χ4v) is 4.71. The van der Waals surface area contributed by atoms with Crippen LogP contribution in [0.3, 0.4) is 0 Å². The maximum Gasteiger partial charge on any atom is 0.270 e. The van der Waals surface area contributed by atoms with Crippen LogP contribution in [0.15, 0.2) is 52.9 Å². The van der Waals surface area contributed by atoms with Crippen LogP contribution < -0.4 is 14.8 Å². The van der Waals surface area contributed by atoms with Gasteiger partial charge in [-0.3, -0.25) is 10.1 Å². The van der Waals surface area contributed by atoms with Gasteiger partial charge in [-0.2, -0.15) is 0 Å². The molecule has 158 valence electrons. The molecule has 1 heterocycles. The first-order chi connectivity index (χ1) is 14.2. The molecular weight excluding hydrogens is 424 g/mol. The quantitative estimate of drug-likeness (QED) is 0.514. The minimum absolute atomic E-state index is 0.104. The molecule has 8 nitrogen and oxygen atoms in total. The highest BCUT2D eigenvalue weighted by atomic mass is 32.2. The minimum Gasteiger partial charge on any atom is -0.492 e. The van der Waals surface area contributed by atoms with E-state index >= 15 is 0 Å². The highest BCUT2D eigenvalue weighted by Gasteiger charge is 2.23. The van der Waals surface area contributed by atoms with E-state index in [2.05, 4.69) is 20.2 Å². The van der Waals surface area contributed by atoms with Crippen LogP contribution in [0.5, 0.6) is 5.75 Å². The fourth-order valence-electron chi connectivity index (χ4n) is 2.57. The summed E-state index contributed by atoms with van der Waals surface area (Å²) < 4.78 is 33.0. The van der Waals surface area contributed by atoms with E-state index in [0.717, 1.165) is 22.5 Å². The van der Waals surface area contributed by atoms with Crippen LogP contribution in [-0.4, -0.2) is 37.2 Å². The highest BCUT2D eigenvalue weighted by Crippen LogP contribution is 2.21. The minimum atomic E-state index is -3.89. The van der Waals surface area contributed by atoms with E-state index in [9.17, 15) is 13.2 Å². The lowest BCUT2D eigenvalue weighted by Crippen LogP contribution is -2.36. The molecule has 0 radical (unpaired) electrons. The first kappa shape index (κ1) is 21.9. The molecule has 2 aromatic carbocycles. The van der Waals surface area contributed by atoms with E-state index < -0.39 is 16.1 Å². The molecule has 1 atom stereocenters. The maximum absolute atomic E-state index is 12.6. The van der Waals surface area contributed by atoms with Gasteiger partial charge in [0, 0.05) is 5.56 Å². The zero-order valence-corrected chi connectivity index (χ0v) is 18.4. The van der Waals surface area contributed by atoms with Crippen molar-refractivity contribution >= 4 is 32.4 Å². The van der Waals surface area contributed by atoms with Crippen molar-refractivity contribution < 1.29 is 17.9 Å². The van der Waals surface area contributed by atoms with Gasteiger partial charge in [-0.25, -0.2) is 13.1 Å². The molecule has 0 saturated heterocycles. The van der Waals surface area contributed by atoms with Crippen molar-refractivity contribution in [2.45, 2.75) is 31.2 Å². The molecule has 30 heavy (non-hydrogen) atoms. The molecule has 3 rings (SSSR count). The van der Waals surface area contributed by atoms with Crippen LogP contribution in [0.4, 0.5) is 5.13 Å². The van der Waals surface area contributed by atoms with Crippen LogP contribution in [0.2, 0.25) is 0 Å². The Hall–Kier alpha value is -2.82. The zero-order chi connectivity index (χ0) is 21.7. The Bertz CT molecular complexity index is 1130. The molecule has 0 spiro atoms. The van der Waals surface area contributed by atoms with Crippen molar-refractivity contribution in [2.24, 2.45) is 0 Å². The summed E-state index contributed by atoms with van der Waals surface area (Å²) in [5.74, 6) is 0.282. The third-order valence-corrected chi connectivity index (χ3v) is 6.92. The van der Waals surface area contributed by atoms with Crippen LogP contribution >= 0.6 is 11.3 Å². The van der Waals surface area contributed by atoms with E-state index in [-0.39, 0.29) is 22.0 Å². The molecule has 1 amide bonds.